The number of carbonyl (C=O) groups excluding carboxylic acids is 1. The fourth-order valence-corrected chi connectivity index (χ4v) is 4.57. The molecule has 1 atom stereocenters. The molecule has 0 bridgehead atoms. The lowest BCUT2D eigenvalue weighted by atomic mass is 9.83. The van der Waals surface area contributed by atoms with Crippen molar-refractivity contribution in [3.8, 4) is 23.3 Å². The van der Waals surface area contributed by atoms with Gasteiger partial charge in [0.05, 0.1) is 41.6 Å². The fourth-order valence-electron chi connectivity index (χ4n) is 4.57. The van der Waals surface area contributed by atoms with Gasteiger partial charge in [0.2, 0.25) is 5.88 Å². The summed E-state index contributed by atoms with van der Waals surface area (Å²) in [4.78, 5) is 38.8. The SMILES string of the molecule is CCOc1cc([C@H]2C(C#N)=C(N)Oc3c2c(=O)oc2ccccc32)cc([N+](=O)[O-])c1OC(=O)N1CCOCC1. The number of nitro benzene ring substituents is 1. The molecular weight excluding hydrogens is 512 g/mol. The molecule has 3 heterocycles. The van der Waals surface area contributed by atoms with Crippen LogP contribution in [0.4, 0.5) is 10.5 Å². The first-order valence-electron chi connectivity index (χ1n) is 12.0. The molecule has 0 aliphatic carbocycles. The lowest BCUT2D eigenvalue weighted by molar-refractivity contribution is -0.385. The summed E-state index contributed by atoms with van der Waals surface area (Å²) in [5.41, 5.74) is 4.82. The number of ether oxygens (including phenoxy) is 4. The number of benzene rings is 2. The van der Waals surface area contributed by atoms with Crippen LogP contribution < -0.4 is 25.6 Å². The summed E-state index contributed by atoms with van der Waals surface area (Å²) in [7, 11) is 0. The van der Waals surface area contributed by atoms with Gasteiger partial charge in [0.1, 0.15) is 17.2 Å². The predicted molar refractivity (Wildman–Crippen MR) is 134 cm³/mol. The second-order valence-corrected chi connectivity index (χ2v) is 8.58. The Bertz CT molecular complexity index is 1620. The smallest absolute Gasteiger partial charge is 0.415 e. The van der Waals surface area contributed by atoms with Gasteiger partial charge in [-0.05, 0) is 30.7 Å². The molecule has 200 valence electrons. The number of hydrogen-bond acceptors (Lipinski definition) is 11. The number of morpholine rings is 1. The van der Waals surface area contributed by atoms with E-state index in [2.05, 4.69) is 0 Å². The normalized spacial score (nSPS) is 16.7. The van der Waals surface area contributed by atoms with Gasteiger partial charge in [-0.3, -0.25) is 10.1 Å². The Balaban J connectivity index is 1.70. The van der Waals surface area contributed by atoms with Crippen molar-refractivity contribution in [1.82, 2.24) is 4.90 Å². The number of fused-ring (bicyclic) bond motifs is 3. The monoisotopic (exact) mass is 534 g/mol. The predicted octanol–water partition coefficient (Wildman–Crippen LogP) is 3.15. The van der Waals surface area contributed by atoms with E-state index in [-0.39, 0.29) is 59.4 Å². The number of nitro groups is 1. The van der Waals surface area contributed by atoms with Gasteiger partial charge in [0.15, 0.2) is 11.5 Å². The zero-order chi connectivity index (χ0) is 27.7. The molecule has 2 N–H and O–H groups in total. The van der Waals surface area contributed by atoms with Crippen LogP contribution >= 0.6 is 0 Å². The van der Waals surface area contributed by atoms with Gasteiger partial charge in [-0.1, -0.05) is 12.1 Å². The van der Waals surface area contributed by atoms with E-state index in [9.17, 15) is 25.0 Å². The zero-order valence-corrected chi connectivity index (χ0v) is 20.7. The molecule has 13 heteroatoms. The van der Waals surface area contributed by atoms with Crippen LogP contribution in [0.25, 0.3) is 11.0 Å². The molecule has 1 fully saturated rings. The van der Waals surface area contributed by atoms with Gasteiger partial charge in [-0.15, -0.1) is 0 Å². The summed E-state index contributed by atoms with van der Waals surface area (Å²) >= 11 is 0. The highest BCUT2D eigenvalue weighted by atomic mass is 16.6. The molecule has 3 aromatic rings. The molecule has 2 aliphatic rings. The first-order chi connectivity index (χ1) is 18.8. The molecule has 2 aliphatic heterocycles. The number of nitrogens with two attached hydrogens (primary N) is 1. The number of nitrogens with zero attached hydrogens (tertiary/aromatic N) is 3. The van der Waals surface area contributed by atoms with E-state index in [1.165, 1.54) is 11.0 Å². The van der Waals surface area contributed by atoms with Crippen molar-refractivity contribution in [2.24, 2.45) is 5.73 Å². The Kier molecular flexibility index (Phi) is 6.78. The molecule has 13 nitrogen and oxygen atoms in total. The average Bonchev–Trinajstić information content (AvgIpc) is 2.93. The summed E-state index contributed by atoms with van der Waals surface area (Å²) in [6, 6.07) is 11.0. The van der Waals surface area contributed by atoms with E-state index in [4.69, 9.17) is 29.1 Å². The Hall–Kier alpha value is -5.09. The average molecular weight is 534 g/mol. The highest BCUT2D eigenvalue weighted by molar-refractivity contribution is 5.86. The van der Waals surface area contributed by atoms with Crippen molar-refractivity contribution >= 4 is 22.7 Å². The number of nitriles is 1. The van der Waals surface area contributed by atoms with Crippen LogP contribution in [-0.4, -0.2) is 48.8 Å². The van der Waals surface area contributed by atoms with Crippen LogP contribution in [0, 0.1) is 21.4 Å². The quantitative estimate of drug-likeness (QED) is 0.288. The molecule has 39 heavy (non-hydrogen) atoms. The molecule has 1 saturated heterocycles. The van der Waals surface area contributed by atoms with Crippen LogP contribution in [0.1, 0.15) is 24.0 Å². The maximum absolute atomic E-state index is 13.2. The van der Waals surface area contributed by atoms with Crippen molar-refractivity contribution < 1.29 is 33.1 Å². The van der Waals surface area contributed by atoms with Gasteiger partial charge in [0.25, 0.3) is 5.75 Å². The maximum Gasteiger partial charge on any atom is 0.415 e. The zero-order valence-electron chi connectivity index (χ0n) is 20.7. The van der Waals surface area contributed by atoms with E-state index in [0.717, 1.165) is 6.07 Å². The Morgan fingerprint density at radius 2 is 2.03 bits per heavy atom. The molecule has 0 unspecified atom stereocenters. The molecular formula is C26H22N4O9. The minimum absolute atomic E-state index is 0.0609. The Labute approximate surface area is 220 Å². The molecule has 5 rings (SSSR count). The maximum atomic E-state index is 13.2. The summed E-state index contributed by atoms with van der Waals surface area (Å²) in [5.74, 6) is -1.92. The topological polar surface area (TPSA) is 180 Å². The minimum Gasteiger partial charge on any atom is -0.490 e. The number of para-hydroxylation sites is 1. The van der Waals surface area contributed by atoms with Crippen LogP contribution in [0.5, 0.6) is 17.2 Å². The second-order valence-electron chi connectivity index (χ2n) is 8.58. The van der Waals surface area contributed by atoms with Gasteiger partial charge >= 0.3 is 17.4 Å². The van der Waals surface area contributed by atoms with Crippen LogP contribution in [0.15, 0.2) is 57.1 Å². The molecule has 0 saturated carbocycles. The number of rotatable bonds is 5. The summed E-state index contributed by atoms with van der Waals surface area (Å²) in [6.07, 6.45) is -0.805. The second kappa shape index (κ2) is 10.3. The third-order valence-corrected chi connectivity index (χ3v) is 6.32. The minimum atomic E-state index is -1.19. The van der Waals surface area contributed by atoms with Gasteiger partial charge < -0.3 is 34.0 Å². The number of allylic oxidation sites excluding steroid dienone is 1. The van der Waals surface area contributed by atoms with Crippen LogP contribution in [0.2, 0.25) is 0 Å². The van der Waals surface area contributed by atoms with E-state index >= 15 is 0 Å². The fraction of sp³-hybridized carbons (Fsp3) is 0.269. The number of carbonyl (C=O) groups is 1. The standard InChI is InChI=1S/C26H22N4O9/c1-2-36-19-12-14(11-17(30(33)34)23(19)39-26(32)29-7-9-35-10-8-29)20-16(13-27)24(28)38-22-15-5-3-4-6-18(15)37-25(31)21(20)22/h3-6,11-12,20H,2,7-10,28H2,1H3/t20-/m0/s1. The molecule has 0 spiro atoms. The van der Waals surface area contributed by atoms with E-state index in [0.29, 0.717) is 18.6 Å². The van der Waals surface area contributed by atoms with Crippen molar-refractivity contribution in [2.75, 3.05) is 32.9 Å². The highest BCUT2D eigenvalue weighted by Gasteiger charge is 2.38. The third kappa shape index (κ3) is 4.57. The van der Waals surface area contributed by atoms with Crippen LogP contribution in [0.3, 0.4) is 0 Å². The third-order valence-electron chi connectivity index (χ3n) is 6.32. The van der Waals surface area contributed by atoms with Gasteiger partial charge in [-0.25, -0.2) is 9.59 Å². The summed E-state index contributed by atoms with van der Waals surface area (Å²) in [6.45, 7) is 2.84. The van der Waals surface area contributed by atoms with Crippen molar-refractivity contribution in [1.29, 1.82) is 5.26 Å². The van der Waals surface area contributed by atoms with Crippen LogP contribution in [-0.2, 0) is 4.74 Å². The van der Waals surface area contributed by atoms with E-state index < -0.39 is 34.0 Å². The van der Waals surface area contributed by atoms with E-state index in [1.54, 1.807) is 31.2 Å². The number of amides is 1. The molecule has 1 amide bonds. The number of hydrogen-bond donors (Lipinski definition) is 1. The lowest BCUT2D eigenvalue weighted by Gasteiger charge is -2.27. The molecule has 2 aromatic carbocycles. The highest BCUT2D eigenvalue weighted by Crippen LogP contribution is 2.47. The first kappa shape index (κ1) is 25.6. The van der Waals surface area contributed by atoms with E-state index in [1.807, 2.05) is 6.07 Å². The lowest BCUT2D eigenvalue weighted by Crippen LogP contribution is -2.42. The summed E-state index contributed by atoms with van der Waals surface area (Å²) in [5, 5.41) is 22.6. The largest absolute Gasteiger partial charge is 0.490 e. The van der Waals surface area contributed by atoms with Crippen molar-refractivity contribution in [3.63, 3.8) is 0 Å². The Morgan fingerprint density at radius 1 is 1.28 bits per heavy atom. The molecule has 1 aromatic heterocycles. The first-order valence-corrected chi connectivity index (χ1v) is 12.0. The molecule has 0 radical (unpaired) electrons. The van der Waals surface area contributed by atoms with Crippen molar-refractivity contribution in [3.05, 3.63) is 79.5 Å². The van der Waals surface area contributed by atoms with Gasteiger partial charge in [-0.2, -0.15) is 5.26 Å². The summed E-state index contributed by atoms with van der Waals surface area (Å²) < 4.78 is 27.5. The van der Waals surface area contributed by atoms with Gasteiger partial charge in [0, 0.05) is 19.2 Å². The van der Waals surface area contributed by atoms with Crippen molar-refractivity contribution in [2.45, 2.75) is 12.8 Å². The Morgan fingerprint density at radius 3 is 2.72 bits per heavy atom.